The normalized spacial score (nSPS) is 13.8. The highest BCUT2D eigenvalue weighted by molar-refractivity contribution is 5.15. The molecular weight excluding hydrogens is 114 g/mol. The minimum absolute atomic E-state index is 0.761. The van der Waals surface area contributed by atoms with Gasteiger partial charge in [-0.25, -0.2) is 0 Å². The number of hydrogen-bond donors (Lipinski definition) is 0. The van der Waals surface area contributed by atoms with Crippen molar-refractivity contribution in [3.63, 3.8) is 0 Å². The Morgan fingerprint density at radius 3 is 3.44 bits per heavy atom. The Kier molecular flexibility index (Phi) is 0.828. The summed E-state index contributed by atoms with van der Waals surface area (Å²) >= 11 is 0. The molecule has 0 aliphatic carbocycles. The van der Waals surface area contributed by atoms with Crippen LogP contribution in [0.15, 0.2) is 23.6 Å². The highest BCUT2D eigenvalue weighted by atomic mass is 15.2. The molecule has 0 amide bonds. The van der Waals surface area contributed by atoms with Crippen molar-refractivity contribution in [1.82, 2.24) is 4.98 Å². The summed E-state index contributed by atoms with van der Waals surface area (Å²) in [6.45, 7) is 0.761. The van der Waals surface area contributed by atoms with Crippen LogP contribution in [0.4, 0.5) is 0 Å². The molecule has 0 saturated heterocycles. The molecule has 0 bridgehead atoms. The molecule has 0 aromatic carbocycles. The lowest BCUT2D eigenvalue weighted by molar-refractivity contribution is -0.561. The average Bonchev–Trinajstić information content (AvgIpc) is 2.33. The number of hydrogen-bond acceptors (Lipinski definition) is 2. The van der Waals surface area contributed by atoms with Crippen LogP contribution < -0.4 is 9.84 Å². The van der Waals surface area contributed by atoms with Crippen molar-refractivity contribution in [2.75, 3.05) is 6.54 Å². The Morgan fingerprint density at radius 1 is 1.56 bits per heavy atom. The maximum Gasteiger partial charge on any atom is 0.345 e. The van der Waals surface area contributed by atoms with Crippen molar-refractivity contribution in [2.24, 2.45) is 5.11 Å². The first-order valence-electron chi connectivity index (χ1n) is 2.84. The van der Waals surface area contributed by atoms with E-state index >= 15 is 0 Å². The summed E-state index contributed by atoms with van der Waals surface area (Å²) in [4.78, 5) is 4.07. The fourth-order valence-electron chi connectivity index (χ4n) is 0.851. The molecule has 2 rings (SSSR count). The van der Waals surface area contributed by atoms with Gasteiger partial charge in [0.25, 0.3) is 0 Å². The van der Waals surface area contributed by atoms with Gasteiger partial charge in [0.15, 0.2) is 0 Å². The summed E-state index contributed by atoms with van der Waals surface area (Å²) in [5.74, 6) is 0. The second-order valence-electron chi connectivity index (χ2n) is 1.85. The lowest BCUT2D eigenvalue weighted by Crippen LogP contribution is -2.35. The van der Waals surface area contributed by atoms with E-state index in [1.807, 2.05) is 18.3 Å². The van der Waals surface area contributed by atoms with Gasteiger partial charge in [0.2, 0.25) is 0 Å². The Bertz CT molecular complexity index is 295. The third kappa shape index (κ3) is 0.614. The van der Waals surface area contributed by atoms with Gasteiger partial charge in [0, 0.05) is 12.1 Å². The summed E-state index contributed by atoms with van der Waals surface area (Å²) in [6, 6.07) is 1.87. The Balaban J connectivity index is 2.97. The Labute approximate surface area is 52.0 Å². The second kappa shape index (κ2) is 1.62. The van der Waals surface area contributed by atoms with Gasteiger partial charge >= 0.3 is 5.48 Å². The predicted molar refractivity (Wildman–Crippen MR) is 31.2 cm³/mol. The molecule has 0 spiro atoms. The standard InChI is InChI=1S/C6H6N3/c1-3-7-6-2-4-8-9(6)5-1/h1-3,5H,4H2/q+1. The van der Waals surface area contributed by atoms with E-state index in [-0.39, 0.29) is 0 Å². The smallest absolute Gasteiger partial charge is 0.113 e. The summed E-state index contributed by atoms with van der Waals surface area (Å²) in [5, 5.41) is 4.10. The first-order chi connectivity index (χ1) is 4.47. The van der Waals surface area contributed by atoms with Gasteiger partial charge in [-0.1, -0.05) is 0 Å². The summed E-state index contributed by atoms with van der Waals surface area (Å²) in [5.41, 5.74) is 0.942. The van der Waals surface area contributed by atoms with Gasteiger partial charge in [-0.15, -0.1) is 9.48 Å². The molecule has 1 aromatic heterocycles. The number of fused-ring (bicyclic) bond motifs is 1. The maximum atomic E-state index is 4.10. The molecule has 3 heteroatoms. The van der Waals surface area contributed by atoms with Crippen LogP contribution in [0, 0.1) is 0 Å². The van der Waals surface area contributed by atoms with Crippen LogP contribution in [0.1, 0.15) is 0 Å². The van der Waals surface area contributed by atoms with E-state index in [9.17, 15) is 0 Å². The summed E-state index contributed by atoms with van der Waals surface area (Å²) < 4.78 is 1.78. The third-order valence-corrected chi connectivity index (χ3v) is 1.26. The van der Waals surface area contributed by atoms with Gasteiger partial charge in [-0.05, 0) is 4.98 Å². The first kappa shape index (κ1) is 4.61. The molecule has 1 aromatic rings. The van der Waals surface area contributed by atoms with Gasteiger partial charge in [-0.3, -0.25) is 0 Å². The maximum absolute atomic E-state index is 4.10. The topological polar surface area (TPSA) is 31.2 Å². The fraction of sp³-hybridized carbons (Fsp3) is 0.167. The molecule has 3 nitrogen and oxygen atoms in total. The van der Waals surface area contributed by atoms with E-state index in [0.717, 1.165) is 12.0 Å². The van der Waals surface area contributed by atoms with Crippen molar-refractivity contribution >= 4 is 6.08 Å². The molecule has 44 valence electrons. The predicted octanol–water partition coefficient (Wildman–Crippen LogP) is -0.805. The van der Waals surface area contributed by atoms with E-state index in [0.29, 0.717) is 0 Å². The molecule has 0 radical (unpaired) electrons. The van der Waals surface area contributed by atoms with Crippen LogP contribution in [0.5, 0.6) is 0 Å². The summed E-state index contributed by atoms with van der Waals surface area (Å²) in [7, 11) is 0. The molecule has 0 unspecified atom stereocenters. The lowest BCUT2D eigenvalue weighted by Gasteiger charge is -1.69. The monoisotopic (exact) mass is 120 g/mol. The van der Waals surface area contributed by atoms with Crippen molar-refractivity contribution in [3.8, 4) is 0 Å². The Hall–Kier alpha value is -1.25. The van der Waals surface area contributed by atoms with Crippen molar-refractivity contribution in [2.45, 2.75) is 0 Å². The SMILES string of the molecule is C1=c2nccc[n+]2=NC1. The average molecular weight is 120 g/mol. The minimum Gasteiger partial charge on any atom is -0.113 e. The van der Waals surface area contributed by atoms with Crippen LogP contribution in [0.25, 0.3) is 6.08 Å². The summed E-state index contributed by atoms with van der Waals surface area (Å²) in [6.07, 6.45) is 5.65. The lowest BCUT2D eigenvalue weighted by atomic mass is 10.6. The molecule has 1 aliphatic heterocycles. The minimum atomic E-state index is 0.761. The van der Waals surface area contributed by atoms with E-state index in [4.69, 9.17) is 0 Å². The molecule has 0 atom stereocenters. The first-order valence-corrected chi connectivity index (χ1v) is 2.84. The van der Waals surface area contributed by atoms with Gasteiger partial charge < -0.3 is 0 Å². The molecule has 2 heterocycles. The number of aromatic nitrogens is 2. The van der Waals surface area contributed by atoms with Crippen molar-refractivity contribution < 1.29 is 4.36 Å². The zero-order valence-electron chi connectivity index (χ0n) is 4.86. The zero-order valence-corrected chi connectivity index (χ0v) is 4.86. The highest BCUT2D eigenvalue weighted by Crippen LogP contribution is 1.72. The zero-order chi connectivity index (χ0) is 6.10. The van der Waals surface area contributed by atoms with Crippen LogP contribution in [-0.4, -0.2) is 11.5 Å². The fourth-order valence-corrected chi connectivity index (χ4v) is 0.851. The van der Waals surface area contributed by atoms with Crippen molar-refractivity contribution in [3.05, 3.63) is 23.9 Å². The largest absolute Gasteiger partial charge is 0.345 e. The van der Waals surface area contributed by atoms with Crippen LogP contribution in [-0.2, 0) is 0 Å². The highest BCUT2D eigenvalue weighted by Gasteiger charge is 1.99. The van der Waals surface area contributed by atoms with E-state index in [1.165, 1.54) is 0 Å². The van der Waals surface area contributed by atoms with Crippen LogP contribution >= 0.6 is 0 Å². The molecule has 1 aliphatic rings. The molecule has 0 fully saturated rings. The quantitative estimate of drug-likeness (QED) is 0.412. The molecular formula is C6H6N3+. The number of rotatable bonds is 0. The van der Waals surface area contributed by atoms with E-state index in [2.05, 4.69) is 10.1 Å². The second-order valence-corrected chi connectivity index (χ2v) is 1.85. The van der Waals surface area contributed by atoms with Gasteiger partial charge in [0.1, 0.15) is 18.9 Å². The number of nitrogens with zero attached hydrogens (tertiary/aromatic N) is 3. The molecule has 9 heavy (non-hydrogen) atoms. The third-order valence-electron chi connectivity index (χ3n) is 1.26. The van der Waals surface area contributed by atoms with E-state index in [1.54, 1.807) is 10.6 Å². The van der Waals surface area contributed by atoms with Gasteiger partial charge in [0.05, 0.1) is 0 Å². The van der Waals surface area contributed by atoms with Crippen LogP contribution in [0.2, 0.25) is 0 Å². The van der Waals surface area contributed by atoms with Gasteiger partial charge in [-0.2, -0.15) is 0 Å². The van der Waals surface area contributed by atoms with Crippen LogP contribution in [0.3, 0.4) is 0 Å². The van der Waals surface area contributed by atoms with E-state index < -0.39 is 0 Å². The molecule has 0 saturated carbocycles. The van der Waals surface area contributed by atoms with Crippen molar-refractivity contribution in [1.29, 1.82) is 0 Å². The molecule has 0 N–H and O–H groups in total. The Morgan fingerprint density at radius 2 is 2.56 bits per heavy atom.